The first-order valence-electron chi connectivity index (χ1n) is 5.81. The molecular formula is C13H19IO5. The van der Waals surface area contributed by atoms with Crippen LogP contribution >= 0.6 is 22.6 Å². The minimum Gasteiger partial charge on any atom is -0.466 e. The Balaban J connectivity index is 2.96. The molecule has 0 bridgehead atoms. The number of halogens is 1. The van der Waals surface area contributed by atoms with Crippen molar-refractivity contribution in [2.45, 2.75) is 44.9 Å². The zero-order chi connectivity index (χ0) is 14.8. The summed E-state index contributed by atoms with van der Waals surface area (Å²) in [5, 5.41) is 10.2. The maximum absolute atomic E-state index is 11.4. The SMILES string of the molecule is C=C(C(=O)OC)C(O)[C@@H]1OC(C)(C)O[C@H]1/C(C)=C\I. The van der Waals surface area contributed by atoms with Gasteiger partial charge in [0.1, 0.15) is 18.3 Å². The molecule has 3 atom stereocenters. The summed E-state index contributed by atoms with van der Waals surface area (Å²) in [7, 11) is 1.24. The predicted molar refractivity (Wildman–Crippen MR) is 78.8 cm³/mol. The fourth-order valence-corrected chi connectivity index (χ4v) is 2.24. The van der Waals surface area contributed by atoms with Crippen LogP contribution in [-0.4, -0.2) is 42.3 Å². The van der Waals surface area contributed by atoms with Gasteiger partial charge in [0.05, 0.1) is 12.7 Å². The summed E-state index contributed by atoms with van der Waals surface area (Å²) in [5.41, 5.74) is 0.868. The Morgan fingerprint density at radius 3 is 2.58 bits per heavy atom. The van der Waals surface area contributed by atoms with Crippen LogP contribution in [0.4, 0.5) is 0 Å². The van der Waals surface area contributed by atoms with Gasteiger partial charge in [-0.25, -0.2) is 4.79 Å². The van der Waals surface area contributed by atoms with Crippen LogP contribution in [-0.2, 0) is 19.0 Å². The highest BCUT2D eigenvalue weighted by Gasteiger charge is 2.46. The normalized spacial score (nSPS) is 28.0. The highest BCUT2D eigenvalue weighted by atomic mass is 127. The van der Waals surface area contributed by atoms with Gasteiger partial charge in [0.25, 0.3) is 0 Å². The van der Waals surface area contributed by atoms with E-state index in [-0.39, 0.29) is 5.57 Å². The Labute approximate surface area is 126 Å². The molecule has 0 spiro atoms. The Morgan fingerprint density at radius 1 is 1.53 bits per heavy atom. The molecule has 1 N–H and O–H groups in total. The molecule has 6 heteroatoms. The molecule has 5 nitrogen and oxygen atoms in total. The third kappa shape index (κ3) is 3.77. The van der Waals surface area contributed by atoms with Crippen molar-refractivity contribution in [3.8, 4) is 0 Å². The number of carbonyl (C=O) groups excluding carboxylic acids is 1. The van der Waals surface area contributed by atoms with Gasteiger partial charge >= 0.3 is 5.97 Å². The second-order valence-electron chi connectivity index (χ2n) is 4.84. The summed E-state index contributed by atoms with van der Waals surface area (Å²) in [6, 6.07) is 0. The molecule has 1 fully saturated rings. The van der Waals surface area contributed by atoms with Crippen LogP contribution in [0.25, 0.3) is 0 Å². The highest BCUT2D eigenvalue weighted by molar-refractivity contribution is 14.1. The first-order valence-corrected chi connectivity index (χ1v) is 7.05. The summed E-state index contributed by atoms with van der Waals surface area (Å²) in [6.45, 7) is 8.95. The highest BCUT2D eigenvalue weighted by Crippen LogP contribution is 2.35. The zero-order valence-corrected chi connectivity index (χ0v) is 13.6. The van der Waals surface area contributed by atoms with Crippen molar-refractivity contribution in [1.82, 2.24) is 0 Å². The van der Waals surface area contributed by atoms with Crippen LogP contribution in [0.5, 0.6) is 0 Å². The van der Waals surface area contributed by atoms with E-state index in [9.17, 15) is 9.90 Å². The van der Waals surface area contributed by atoms with E-state index in [2.05, 4.69) is 33.9 Å². The number of carbonyl (C=O) groups is 1. The topological polar surface area (TPSA) is 65.0 Å². The molecule has 1 aliphatic rings. The lowest BCUT2D eigenvalue weighted by atomic mass is 9.98. The lowest BCUT2D eigenvalue weighted by molar-refractivity contribution is -0.154. The lowest BCUT2D eigenvalue weighted by Gasteiger charge is -2.23. The molecule has 0 amide bonds. The van der Waals surface area contributed by atoms with Gasteiger partial charge < -0.3 is 19.3 Å². The van der Waals surface area contributed by atoms with Crippen molar-refractivity contribution < 1.29 is 24.1 Å². The maximum atomic E-state index is 11.4. The molecular weight excluding hydrogens is 363 g/mol. The third-order valence-electron chi connectivity index (χ3n) is 2.87. The average molecular weight is 382 g/mol. The van der Waals surface area contributed by atoms with Crippen LogP contribution < -0.4 is 0 Å². The molecule has 19 heavy (non-hydrogen) atoms. The Morgan fingerprint density at radius 2 is 2.11 bits per heavy atom. The van der Waals surface area contributed by atoms with Crippen molar-refractivity contribution in [3.63, 3.8) is 0 Å². The minimum atomic E-state index is -1.18. The fourth-order valence-electron chi connectivity index (χ4n) is 1.88. The number of aliphatic hydroxyl groups excluding tert-OH is 1. The molecule has 0 aromatic rings. The van der Waals surface area contributed by atoms with Crippen LogP contribution in [0.2, 0.25) is 0 Å². The molecule has 1 unspecified atom stereocenters. The van der Waals surface area contributed by atoms with Crippen molar-refractivity contribution in [1.29, 1.82) is 0 Å². The molecule has 0 aromatic carbocycles. The number of rotatable bonds is 4. The first kappa shape index (κ1) is 16.6. The largest absolute Gasteiger partial charge is 0.466 e. The molecule has 108 valence electrons. The quantitative estimate of drug-likeness (QED) is 0.458. The van der Waals surface area contributed by atoms with Crippen molar-refractivity contribution in [3.05, 3.63) is 21.8 Å². The number of aliphatic hydroxyl groups is 1. The number of esters is 1. The fraction of sp³-hybridized carbons (Fsp3) is 0.615. The van der Waals surface area contributed by atoms with E-state index >= 15 is 0 Å². The van der Waals surface area contributed by atoms with Crippen LogP contribution in [0.3, 0.4) is 0 Å². The number of hydrogen-bond acceptors (Lipinski definition) is 5. The molecule has 1 saturated heterocycles. The molecule has 1 aliphatic heterocycles. The predicted octanol–water partition coefficient (Wildman–Crippen LogP) is 1.94. The standard InChI is InChI=1S/C13H19IO5/c1-7(6-14)10-11(19-13(3,4)18-10)9(15)8(2)12(16)17-5/h6,9-11,15H,2H2,1,3-5H3/b7-6-/t9?,10-,11-/m0/s1. The number of hydrogen-bond donors (Lipinski definition) is 1. The number of methoxy groups -OCH3 is 1. The molecule has 0 radical (unpaired) electrons. The Kier molecular flexibility index (Phi) is 5.54. The summed E-state index contributed by atoms with van der Waals surface area (Å²) >= 11 is 2.09. The van der Waals surface area contributed by atoms with Crippen molar-refractivity contribution in [2.24, 2.45) is 0 Å². The molecule has 1 heterocycles. The molecule has 0 saturated carbocycles. The maximum Gasteiger partial charge on any atom is 0.335 e. The second kappa shape index (κ2) is 6.34. The van der Waals surface area contributed by atoms with Gasteiger partial charge in [-0.2, -0.15) is 0 Å². The van der Waals surface area contributed by atoms with E-state index in [1.807, 2.05) is 11.0 Å². The Hall–Kier alpha value is -0.440. The van der Waals surface area contributed by atoms with Gasteiger partial charge in [-0.3, -0.25) is 0 Å². The van der Waals surface area contributed by atoms with Gasteiger partial charge in [-0.15, -0.1) is 0 Å². The van der Waals surface area contributed by atoms with E-state index in [1.54, 1.807) is 13.8 Å². The summed E-state index contributed by atoms with van der Waals surface area (Å²) in [4.78, 5) is 11.4. The van der Waals surface area contributed by atoms with E-state index in [0.717, 1.165) is 5.57 Å². The second-order valence-corrected chi connectivity index (χ2v) is 5.46. The summed E-state index contributed by atoms with van der Waals surface area (Å²) in [6.07, 6.45) is -2.29. The minimum absolute atomic E-state index is 0.0416. The van der Waals surface area contributed by atoms with E-state index in [0.29, 0.717) is 0 Å². The third-order valence-corrected chi connectivity index (χ3v) is 3.85. The van der Waals surface area contributed by atoms with E-state index < -0.39 is 30.1 Å². The first-order chi connectivity index (χ1) is 8.73. The monoisotopic (exact) mass is 382 g/mol. The summed E-state index contributed by atoms with van der Waals surface area (Å²) < 4.78 is 17.8. The zero-order valence-electron chi connectivity index (χ0n) is 11.5. The smallest absolute Gasteiger partial charge is 0.335 e. The van der Waals surface area contributed by atoms with Gasteiger partial charge in [0.2, 0.25) is 0 Å². The lowest BCUT2D eigenvalue weighted by Crippen LogP contribution is -2.39. The summed E-state index contributed by atoms with van der Waals surface area (Å²) in [5.74, 6) is -1.48. The van der Waals surface area contributed by atoms with Crippen molar-refractivity contribution in [2.75, 3.05) is 7.11 Å². The molecule has 0 aromatic heterocycles. The van der Waals surface area contributed by atoms with Crippen molar-refractivity contribution >= 4 is 28.6 Å². The van der Waals surface area contributed by atoms with E-state index in [1.165, 1.54) is 7.11 Å². The number of ether oxygens (including phenoxy) is 3. The van der Waals surface area contributed by atoms with E-state index in [4.69, 9.17) is 9.47 Å². The van der Waals surface area contributed by atoms with Gasteiger partial charge in [0, 0.05) is 0 Å². The van der Waals surface area contributed by atoms with Crippen LogP contribution in [0.15, 0.2) is 21.8 Å². The Bertz CT molecular complexity index is 402. The van der Waals surface area contributed by atoms with Gasteiger partial charge in [0.15, 0.2) is 5.79 Å². The molecule has 0 aliphatic carbocycles. The van der Waals surface area contributed by atoms with Crippen LogP contribution in [0, 0.1) is 0 Å². The molecule has 1 rings (SSSR count). The van der Waals surface area contributed by atoms with Crippen LogP contribution in [0.1, 0.15) is 20.8 Å². The van der Waals surface area contributed by atoms with Gasteiger partial charge in [-0.1, -0.05) is 29.2 Å². The van der Waals surface area contributed by atoms with Gasteiger partial charge in [-0.05, 0) is 30.4 Å². The average Bonchev–Trinajstić information content (AvgIpc) is 2.71.